The Morgan fingerprint density at radius 3 is 2.57 bits per heavy atom. The number of benzene rings is 1. The highest BCUT2D eigenvalue weighted by Gasteiger charge is 2.19. The average Bonchev–Trinajstić information content (AvgIpc) is 3.07. The number of rotatable bonds is 4. The first-order valence-electron chi connectivity index (χ1n) is 8.11. The molecule has 2 heterocycles. The molecule has 2 N–H and O–H groups in total. The fourth-order valence-electron chi connectivity index (χ4n) is 2.77. The Labute approximate surface area is 158 Å². The summed E-state index contributed by atoms with van der Waals surface area (Å²) < 4.78 is 11.7. The number of nitrogens with one attached hydrogen (secondary N) is 1. The third-order valence-electron chi connectivity index (χ3n) is 4.36. The number of esters is 1. The summed E-state index contributed by atoms with van der Waals surface area (Å²) >= 11 is 0. The summed E-state index contributed by atoms with van der Waals surface area (Å²) in [6.45, 7) is 0. The molecule has 0 saturated heterocycles. The minimum Gasteiger partial charge on any atom is -0.497 e. The van der Waals surface area contributed by atoms with Crippen LogP contribution in [0.25, 0.3) is 10.9 Å². The van der Waals surface area contributed by atoms with E-state index in [1.54, 1.807) is 18.2 Å². The maximum absolute atomic E-state index is 12.3. The van der Waals surface area contributed by atoms with Crippen LogP contribution in [-0.2, 0) is 18.8 Å². The van der Waals surface area contributed by atoms with Crippen molar-refractivity contribution >= 4 is 28.8 Å². The molecule has 0 aliphatic carbocycles. The molecule has 0 fully saturated rings. The van der Waals surface area contributed by atoms with Gasteiger partial charge in [0.25, 0.3) is 5.56 Å². The van der Waals surface area contributed by atoms with Crippen molar-refractivity contribution in [1.82, 2.24) is 14.1 Å². The number of hydrogen-bond donors (Lipinski definition) is 2. The van der Waals surface area contributed by atoms with Gasteiger partial charge in [0, 0.05) is 31.8 Å². The number of aromatic nitrogens is 3. The Hall–Kier alpha value is -3.82. The van der Waals surface area contributed by atoms with Crippen LogP contribution in [0.5, 0.6) is 11.6 Å². The number of aromatic amines is 1. The Morgan fingerprint density at radius 1 is 1.21 bits per heavy atom. The molecule has 10 heteroatoms. The Balaban J connectivity index is 2.24. The molecule has 0 unspecified atom stereocenters. The lowest BCUT2D eigenvalue weighted by Crippen LogP contribution is -2.38. The van der Waals surface area contributed by atoms with Gasteiger partial charge in [-0.15, -0.1) is 0 Å². The summed E-state index contributed by atoms with van der Waals surface area (Å²) in [4.78, 5) is 43.5. The molecule has 0 radical (unpaired) electrons. The summed E-state index contributed by atoms with van der Waals surface area (Å²) in [7, 11) is 5.37. The molecule has 1 aromatic carbocycles. The van der Waals surface area contributed by atoms with Crippen LogP contribution in [0.15, 0.2) is 32.8 Å². The van der Waals surface area contributed by atoms with E-state index in [1.165, 1.54) is 28.3 Å². The Morgan fingerprint density at radius 2 is 1.93 bits per heavy atom. The number of fused-ring (bicyclic) bond motifs is 1. The molecule has 0 bridgehead atoms. The third-order valence-corrected chi connectivity index (χ3v) is 4.36. The van der Waals surface area contributed by atoms with Gasteiger partial charge >= 0.3 is 11.7 Å². The predicted octanol–water partition coefficient (Wildman–Crippen LogP) is 0.817. The first-order chi connectivity index (χ1) is 13.3. The van der Waals surface area contributed by atoms with E-state index >= 15 is 0 Å². The zero-order valence-corrected chi connectivity index (χ0v) is 15.6. The van der Waals surface area contributed by atoms with Crippen molar-refractivity contribution in [3.8, 4) is 11.6 Å². The molecule has 0 spiro atoms. The molecule has 0 amide bonds. The summed E-state index contributed by atoms with van der Waals surface area (Å²) in [5.74, 6) is -0.608. The minimum absolute atomic E-state index is 0.0723. The molecule has 0 atom stereocenters. The number of H-pyrrole nitrogens is 1. The van der Waals surface area contributed by atoms with Gasteiger partial charge in [-0.3, -0.25) is 18.9 Å². The van der Waals surface area contributed by atoms with E-state index in [-0.39, 0.29) is 16.9 Å². The van der Waals surface area contributed by atoms with Crippen molar-refractivity contribution in [2.24, 2.45) is 19.1 Å². The van der Waals surface area contributed by atoms with Gasteiger partial charge in [0.15, 0.2) is 5.69 Å². The van der Waals surface area contributed by atoms with E-state index in [2.05, 4.69) is 9.98 Å². The second-order valence-corrected chi connectivity index (χ2v) is 5.95. The van der Waals surface area contributed by atoms with E-state index in [0.29, 0.717) is 16.7 Å². The van der Waals surface area contributed by atoms with Gasteiger partial charge in [-0.1, -0.05) is 0 Å². The molecule has 146 valence electrons. The SMILES string of the molecule is COC(=O)c1[nH]c2cc(OC)ccc2c1N=Cc1c(O)n(C)c(=O)n(C)c1=O. The van der Waals surface area contributed by atoms with Gasteiger partial charge < -0.3 is 19.6 Å². The highest BCUT2D eigenvalue weighted by molar-refractivity contribution is 6.06. The third kappa shape index (κ3) is 2.94. The van der Waals surface area contributed by atoms with Crippen LogP contribution in [0.4, 0.5) is 5.69 Å². The van der Waals surface area contributed by atoms with Crippen LogP contribution < -0.4 is 16.0 Å². The Bertz CT molecular complexity index is 1230. The van der Waals surface area contributed by atoms with Gasteiger partial charge in [0.05, 0.1) is 19.7 Å². The molecular weight excluding hydrogens is 368 g/mol. The molecule has 0 aliphatic heterocycles. The van der Waals surface area contributed by atoms with Gasteiger partial charge in [0.1, 0.15) is 17.0 Å². The maximum Gasteiger partial charge on any atom is 0.356 e. The lowest BCUT2D eigenvalue weighted by Gasteiger charge is -2.07. The van der Waals surface area contributed by atoms with E-state index in [0.717, 1.165) is 15.3 Å². The monoisotopic (exact) mass is 386 g/mol. The van der Waals surface area contributed by atoms with Gasteiger partial charge in [0.2, 0.25) is 5.88 Å². The fourth-order valence-corrected chi connectivity index (χ4v) is 2.77. The fraction of sp³-hybridized carbons (Fsp3) is 0.222. The zero-order valence-electron chi connectivity index (χ0n) is 15.6. The van der Waals surface area contributed by atoms with E-state index in [1.807, 2.05) is 0 Å². The number of carbonyl (C=O) groups is 1. The first-order valence-corrected chi connectivity index (χ1v) is 8.11. The van der Waals surface area contributed by atoms with Crippen LogP contribution in [0.3, 0.4) is 0 Å². The molecular formula is C18H18N4O6. The quantitative estimate of drug-likeness (QED) is 0.505. The number of nitrogens with zero attached hydrogens (tertiary/aromatic N) is 3. The van der Waals surface area contributed by atoms with Gasteiger partial charge in [-0.2, -0.15) is 0 Å². The second-order valence-electron chi connectivity index (χ2n) is 5.95. The molecule has 3 aromatic rings. The summed E-state index contributed by atoms with van der Waals surface area (Å²) in [5.41, 5.74) is -0.713. The van der Waals surface area contributed by atoms with Gasteiger partial charge in [-0.25, -0.2) is 9.59 Å². The Kier molecular flexibility index (Phi) is 4.78. The molecule has 0 aliphatic rings. The lowest BCUT2D eigenvalue weighted by atomic mass is 10.2. The number of aliphatic imine (C=N–C) groups is 1. The second kappa shape index (κ2) is 7.06. The number of methoxy groups -OCH3 is 2. The largest absolute Gasteiger partial charge is 0.497 e. The van der Waals surface area contributed by atoms with Crippen molar-refractivity contribution in [2.75, 3.05) is 14.2 Å². The highest BCUT2D eigenvalue weighted by atomic mass is 16.5. The van der Waals surface area contributed by atoms with Crippen molar-refractivity contribution in [2.45, 2.75) is 0 Å². The molecule has 3 rings (SSSR count). The van der Waals surface area contributed by atoms with Gasteiger partial charge in [-0.05, 0) is 12.1 Å². The van der Waals surface area contributed by atoms with E-state index < -0.39 is 23.1 Å². The lowest BCUT2D eigenvalue weighted by molar-refractivity contribution is 0.0596. The van der Waals surface area contributed by atoms with Crippen molar-refractivity contribution in [3.05, 3.63) is 50.3 Å². The topological polar surface area (TPSA) is 128 Å². The van der Waals surface area contributed by atoms with Crippen LogP contribution >= 0.6 is 0 Å². The standard InChI is InChI=1S/C18H18N4O6/c1-21-15(23)11(16(24)22(2)18(21)26)8-19-13-10-6-5-9(27-3)7-12(10)20-14(13)17(25)28-4/h5-8,20,23H,1-4H3. The van der Waals surface area contributed by atoms with E-state index in [9.17, 15) is 19.5 Å². The van der Waals surface area contributed by atoms with Crippen molar-refractivity contribution in [3.63, 3.8) is 0 Å². The smallest absolute Gasteiger partial charge is 0.356 e. The van der Waals surface area contributed by atoms with Crippen molar-refractivity contribution < 1.29 is 19.4 Å². The molecule has 2 aromatic heterocycles. The number of ether oxygens (including phenoxy) is 2. The average molecular weight is 386 g/mol. The zero-order chi connectivity index (χ0) is 20.6. The summed E-state index contributed by atoms with van der Waals surface area (Å²) in [5, 5.41) is 10.7. The number of carbonyl (C=O) groups excluding carboxylic acids is 1. The number of hydrogen-bond acceptors (Lipinski definition) is 7. The van der Waals surface area contributed by atoms with Crippen LogP contribution in [-0.4, -0.2) is 45.6 Å². The summed E-state index contributed by atoms with van der Waals surface area (Å²) in [6, 6.07) is 5.07. The molecule has 0 saturated carbocycles. The summed E-state index contributed by atoms with van der Waals surface area (Å²) in [6.07, 6.45) is 1.11. The van der Waals surface area contributed by atoms with E-state index in [4.69, 9.17) is 9.47 Å². The highest BCUT2D eigenvalue weighted by Crippen LogP contribution is 2.33. The molecule has 10 nitrogen and oxygen atoms in total. The maximum atomic E-state index is 12.3. The van der Waals surface area contributed by atoms with Crippen molar-refractivity contribution in [1.29, 1.82) is 0 Å². The van der Waals surface area contributed by atoms with Crippen LogP contribution in [0, 0.1) is 0 Å². The molecule has 28 heavy (non-hydrogen) atoms. The predicted molar refractivity (Wildman–Crippen MR) is 102 cm³/mol. The van der Waals surface area contributed by atoms with Crippen LogP contribution in [0.1, 0.15) is 16.1 Å². The first kappa shape index (κ1) is 19.0. The van der Waals surface area contributed by atoms with Crippen LogP contribution in [0.2, 0.25) is 0 Å². The number of aromatic hydroxyl groups is 1. The normalized spacial score (nSPS) is 11.3. The minimum atomic E-state index is -0.717.